The predicted molar refractivity (Wildman–Crippen MR) is 109 cm³/mol. The molecule has 0 aromatic heterocycles. The lowest BCUT2D eigenvalue weighted by Gasteiger charge is -2.24. The molecule has 148 valence electrons. The zero-order valence-corrected chi connectivity index (χ0v) is 16.7. The topological polar surface area (TPSA) is 76.7 Å². The summed E-state index contributed by atoms with van der Waals surface area (Å²) in [5, 5.41) is 5.61. The Morgan fingerprint density at radius 1 is 0.857 bits per heavy atom. The van der Waals surface area contributed by atoms with Gasteiger partial charge in [0.1, 0.15) is 18.6 Å². The van der Waals surface area contributed by atoms with E-state index in [0.29, 0.717) is 42.0 Å². The van der Waals surface area contributed by atoms with Crippen LogP contribution in [0.4, 0.5) is 11.4 Å². The summed E-state index contributed by atoms with van der Waals surface area (Å²) in [4.78, 5) is 25.4. The minimum absolute atomic E-state index is 0.375. The van der Waals surface area contributed by atoms with E-state index in [1.165, 1.54) is 5.56 Å². The van der Waals surface area contributed by atoms with E-state index in [9.17, 15) is 9.59 Å². The van der Waals surface area contributed by atoms with Crippen LogP contribution in [-0.2, 0) is 9.59 Å². The maximum absolute atomic E-state index is 12.7. The zero-order chi connectivity index (χ0) is 20.3. The van der Waals surface area contributed by atoms with E-state index < -0.39 is 11.3 Å². The Morgan fingerprint density at radius 2 is 1.39 bits per heavy atom. The Labute approximate surface area is 165 Å². The molecule has 2 aromatic rings. The fourth-order valence-electron chi connectivity index (χ4n) is 2.75. The van der Waals surface area contributed by atoms with E-state index in [2.05, 4.69) is 24.5 Å². The van der Waals surface area contributed by atoms with Crippen molar-refractivity contribution in [3.63, 3.8) is 0 Å². The molecular weight excluding hydrogens is 356 g/mol. The molecule has 1 heterocycles. The largest absolute Gasteiger partial charge is 0.486 e. The van der Waals surface area contributed by atoms with Crippen molar-refractivity contribution >= 4 is 23.2 Å². The smallest absolute Gasteiger partial charge is 0.239 e. The summed E-state index contributed by atoms with van der Waals surface area (Å²) >= 11 is 0. The molecule has 0 bridgehead atoms. The van der Waals surface area contributed by atoms with Crippen molar-refractivity contribution in [3.8, 4) is 11.5 Å². The van der Waals surface area contributed by atoms with Gasteiger partial charge in [-0.25, -0.2) is 0 Å². The van der Waals surface area contributed by atoms with E-state index in [4.69, 9.17) is 9.47 Å². The van der Waals surface area contributed by atoms with Crippen molar-refractivity contribution in [2.45, 2.75) is 33.6 Å². The van der Waals surface area contributed by atoms with Crippen molar-refractivity contribution in [3.05, 3.63) is 48.0 Å². The number of anilines is 2. The van der Waals surface area contributed by atoms with Crippen LogP contribution >= 0.6 is 0 Å². The van der Waals surface area contributed by atoms with E-state index in [1.807, 2.05) is 24.3 Å². The van der Waals surface area contributed by atoms with E-state index in [-0.39, 0.29) is 5.91 Å². The van der Waals surface area contributed by atoms with Crippen LogP contribution in [0.1, 0.15) is 39.2 Å². The predicted octanol–water partition coefficient (Wildman–Crippen LogP) is 4.18. The molecule has 0 unspecified atom stereocenters. The SMILES string of the molecule is CC(C)c1ccc(NC(=O)C(C)(C)C(=O)Nc2ccc3c(c2)OCCO3)cc1. The molecule has 2 aromatic carbocycles. The number of fused-ring (bicyclic) bond motifs is 1. The number of carbonyl (C=O) groups is 2. The first-order valence-electron chi connectivity index (χ1n) is 9.40. The van der Waals surface area contributed by atoms with Crippen LogP contribution in [0.25, 0.3) is 0 Å². The Kier molecular flexibility index (Phi) is 5.58. The van der Waals surface area contributed by atoms with E-state index in [0.717, 1.165) is 0 Å². The molecule has 0 aliphatic carbocycles. The minimum Gasteiger partial charge on any atom is -0.486 e. The quantitative estimate of drug-likeness (QED) is 0.761. The highest BCUT2D eigenvalue weighted by Gasteiger charge is 2.36. The molecule has 2 amide bonds. The molecule has 28 heavy (non-hydrogen) atoms. The molecule has 0 saturated heterocycles. The minimum atomic E-state index is -1.26. The first-order chi connectivity index (χ1) is 13.3. The monoisotopic (exact) mass is 382 g/mol. The first kappa shape index (κ1) is 19.7. The summed E-state index contributed by atoms with van der Waals surface area (Å²) in [6.45, 7) is 8.38. The summed E-state index contributed by atoms with van der Waals surface area (Å²) < 4.78 is 11.0. The number of rotatable bonds is 5. The maximum Gasteiger partial charge on any atom is 0.239 e. The molecule has 6 heteroatoms. The van der Waals surface area contributed by atoms with Gasteiger partial charge in [0.25, 0.3) is 0 Å². The Morgan fingerprint density at radius 3 is 2.00 bits per heavy atom. The third-order valence-corrected chi connectivity index (χ3v) is 4.77. The Hall–Kier alpha value is -3.02. The molecule has 0 radical (unpaired) electrons. The van der Waals surface area contributed by atoms with Crippen molar-refractivity contribution in [2.24, 2.45) is 5.41 Å². The van der Waals surface area contributed by atoms with Gasteiger partial charge in [-0.3, -0.25) is 9.59 Å². The third-order valence-electron chi connectivity index (χ3n) is 4.77. The summed E-state index contributed by atoms with van der Waals surface area (Å²) in [6.07, 6.45) is 0. The summed E-state index contributed by atoms with van der Waals surface area (Å²) in [7, 11) is 0. The van der Waals surface area contributed by atoms with Gasteiger partial charge in [0.15, 0.2) is 11.5 Å². The number of benzene rings is 2. The van der Waals surface area contributed by atoms with Gasteiger partial charge in [-0.05, 0) is 49.6 Å². The molecular formula is C22H26N2O4. The van der Waals surface area contributed by atoms with Gasteiger partial charge in [-0.15, -0.1) is 0 Å². The highest BCUT2D eigenvalue weighted by molar-refractivity contribution is 6.14. The van der Waals surface area contributed by atoms with Crippen molar-refractivity contribution in [1.82, 2.24) is 0 Å². The first-order valence-corrected chi connectivity index (χ1v) is 9.40. The second kappa shape index (κ2) is 7.92. The number of amides is 2. The molecule has 0 spiro atoms. The van der Waals surface area contributed by atoms with Crippen molar-refractivity contribution in [2.75, 3.05) is 23.8 Å². The van der Waals surface area contributed by atoms with Crippen molar-refractivity contribution < 1.29 is 19.1 Å². The molecule has 2 N–H and O–H groups in total. The highest BCUT2D eigenvalue weighted by atomic mass is 16.6. The van der Waals surface area contributed by atoms with E-state index >= 15 is 0 Å². The Bertz CT molecular complexity index is 873. The molecule has 1 aliphatic heterocycles. The van der Waals surface area contributed by atoms with Gasteiger partial charge in [0.05, 0.1) is 0 Å². The van der Waals surface area contributed by atoms with Crippen LogP contribution < -0.4 is 20.1 Å². The average molecular weight is 382 g/mol. The van der Waals surface area contributed by atoms with Gasteiger partial charge in [0.2, 0.25) is 11.8 Å². The van der Waals surface area contributed by atoms with Crippen LogP contribution in [0.15, 0.2) is 42.5 Å². The third kappa shape index (κ3) is 4.27. The number of hydrogen-bond acceptors (Lipinski definition) is 4. The molecule has 6 nitrogen and oxygen atoms in total. The van der Waals surface area contributed by atoms with Crippen molar-refractivity contribution in [1.29, 1.82) is 0 Å². The van der Waals surface area contributed by atoms with Gasteiger partial charge < -0.3 is 20.1 Å². The van der Waals surface area contributed by atoms with E-state index in [1.54, 1.807) is 32.0 Å². The number of nitrogens with one attached hydrogen (secondary N) is 2. The number of carbonyl (C=O) groups excluding carboxylic acids is 2. The molecule has 0 fully saturated rings. The van der Waals surface area contributed by atoms with Gasteiger partial charge in [0, 0.05) is 17.4 Å². The lowest BCUT2D eigenvalue weighted by molar-refractivity contribution is -0.135. The summed E-state index contributed by atoms with van der Waals surface area (Å²) in [5.74, 6) is 0.862. The average Bonchev–Trinajstić information content (AvgIpc) is 2.68. The standard InChI is InChI=1S/C22H26N2O4/c1-14(2)15-5-7-16(8-6-15)23-20(25)22(3,4)21(26)24-17-9-10-18-19(13-17)28-12-11-27-18/h5-10,13-14H,11-12H2,1-4H3,(H,23,25)(H,24,26). The number of ether oxygens (including phenoxy) is 2. The van der Waals surface area contributed by atoms with Gasteiger partial charge in [-0.1, -0.05) is 26.0 Å². The van der Waals surface area contributed by atoms with Crippen LogP contribution in [-0.4, -0.2) is 25.0 Å². The van der Waals surface area contributed by atoms with Gasteiger partial charge in [-0.2, -0.15) is 0 Å². The molecule has 3 rings (SSSR count). The summed E-state index contributed by atoms with van der Waals surface area (Å²) in [6, 6.07) is 12.8. The second-order valence-electron chi connectivity index (χ2n) is 7.67. The second-order valence-corrected chi connectivity index (χ2v) is 7.67. The normalized spacial score (nSPS) is 13.2. The molecule has 1 aliphatic rings. The van der Waals surface area contributed by atoms with Crippen LogP contribution in [0.5, 0.6) is 11.5 Å². The fourth-order valence-corrected chi connectivity index (χ4v) is 2.75. The lowest BCUT2D eigenvalue weighted by atomic mass is 9.90. The Balaban J connectivity index is 1.67. The maximum atomic E-state index is 12.7. The molecule has 0 atom stereocenters. The number of hydrogen-bond donors (Lipinski definition) is 2. The highest BCUT2D eigenvalue weighted by Crippen LogP contribution is 2.33. The zero-order valence-electron chi connectivity index (χ0n) is 16.7. The summed E-state index contributed by atoms with van der Waals surface area (Å²) in [5.41, 5.74) is 1.14. The van der Waals surface area contributed by atoms with Crippen LogP contribution in [0, 0.1) is 5.41 Å². The fraction of sp³-hybridized carbons (Fsp3) is 0.364. The van der Waals surface area contributed by atoms with Gasteiger partial charge >= 0.3 is 0 Å². The van der Waals surface area contributed by atoms with Crippen LogP contribution in [0.3, 0.4) is 0 Å². The molecule has 0 saturated carbocycles. The lowest BCUT2D eigenvalue weighted by Crippen LogP contribution is -2.41. The van der Waals surface area contributed by atoms with Crippen LogP contribution in [0.2, 0.25) is 0 Å².